The Morgan fingerprint density at radius 2 is 2.40 bits per heavy atom. The number of rotatable bonds is 3. The molecule has 0 amide bonds. The Labute approximate surface area is 116 Å². The van der Waals surface area contributed by atoms with E-state index < -0.39 is 47.8 Å². The predicted octanol–water partition coefficient (Wildman–Crippen LogP) is -2.36. The van der Waals surface area contributed by atoms with Gasteiger partial charge in [0.05, 0.1) is 12.7 Å². The predicted molar refractivity (Wildman–Crippen MR) is 67.0 cm³/mol. The molecule has 0 aromatic carbocycles. The van der Waals surface area contributed by atoms with Crippen LogP contribution in [-0.4, -0.2) is 48.5 Å². The summed E-state index contributed by atoms with van der Waals surface area (Å²) in [4.78, 5) is 28.6. The first-order chi connectivity index (χ1) is 11.3. The van der Waals surface area contributed by atoms with Gasteiger partial charge in [-0.05, 0) is 0 Å². The van der Waals surface area contributed by atoms with E-state index in [1.165, 1.54) is 0 Å². The van der Waals surface area contributed by atoms with Crippen LogP contribution >= 0.6 is 0 Å². The summed E-state index contributed by atoms with van der Waals surface area (Å²) in [5.41, 5.74) is -3.05. The summed E-state index contributed by atoms with van der Waals surface area (Å²) in [5, 5.41) is 18.9. The first-order valence-electron chi connectivity index (χ1n) is 7.57. The standard InChI is InChI=1S/C10H13N5O5/c11-9-13-7-6(8(18)14-9)12-10(19)15(7)5-1-3(17)4(2-16)20-5/h3-5,16-17H,1-2H2,(H,12,19)(H3,11,13,14,18)/t3-,4+,5+/m0/s1/i/hD4. The fourth-order valence-corrected chi connectivity index (χ4v) is 2.21. The lowest BCUT2D eigenvalue weighted by Gasteiger charge is -2.12. The molecule has 20 heavy (non-hydrogen) atoms. The third-order valence-electron chi connectivity index (χ3n) is 3.14. The molecule has 10 heteroatoms. The first kappa shape index (κ1) is 8.89. The van der Waals surface area contributed by atoms with Crippen LogP contribution in [-0.2, 0) is 4.74 Å². The number of imidazole rings is 1. The molecule has 2 aromatic rings. The molecule has 0 bridgehead atoms. The molecule has 2 aromatic heterocycles. The summed E-state index contributed by atoms with van der Waals surface area (Å²) < 4.78 is 35.8. The molecule has 6 N–H and O–H groups in total. The van der Waals surface area contributed by atoms with Crippen LogP contribution < -0.4 is 17.0 Å². The first-order valence-corrected chi connectivity index (χ1v) is 5.78. The Morgan fingerprint density at radius 3 is 3.05 bits per heavy atom. The number of nitrogens with one attached hydrogen (secondary N) is 2. The van der Waals surface area contributed by atoms with Crippen molar-refractivity contribution in [3.8, 4) is 0 Å². The average molecular weight is 287 g/mol. The van der Waals surface area contributed by atoms with E-state index in [0.717, 1.165) is 4.57 Å². The van der Waals surface area contributed by atoms with Gasteiger partial charge < -0.3 is 20.7 Å². The van der Waals surface area contributed by atoms with E-state index in [9.17, 15) is 14.7 Å². The molecule has 108 valence electrons. The van der Waals surface area contributed by atoms with E-state index in [2.05, 4.69) is 4.98 Å². The van der Waals surface area contributed by atoms with Crippen molar-refractivity contribution in [2.24, 2.45) is 0 Å². The number of aromatic amines is 2. The van der Waals surface area contributed by atoms with Crippen LogP contribution in [0.15, 0.2) is 9.59 Å². The molecule has 0 spiro atoms. The number of H-pyrrole nitrogens is 2. The number of ether oxygens (including phenoxy) is 1. The van der Waals surface area contributed by atoms with Crippen LogP contribution in [0.5, 0.6) is 0 Å². The maximum absolute atomic E-state index is 12.3. The molecule has 1 aliphatic heterocycles. The minimum Gasteiger partial charge on any atom is -0.394 e. The zero-order chi connectivity index (χ0) is 17.8. The monoisotopic (exact) mass is 287 g/mol. The van der Waals surface area contributed by atoms with Gasteiger partial charge in [0, 0.05) is 6.42 Å². The van der Waals surface area contributed by atoms with Crippen molar-refractivity contribution in [1.29, 1.82) is 0 Å². The number of nitrogen functional groups attached to an aromatic ring is 1. The van der Waals surface area contributed by atoms with Gasteiger partial charge >= 0.3 is 5.69 Å². The summed E-state index contributed by atoms with van der Waals surface area (Å²) in [6.45, 7) is -0.489. The van der Waals surface area contributed by atoms with Crippen molar-refractivity contribution in [2.45, 2.75) is 24.9 Å². The number of fused-ring (bicyclic) bond motifs is 1. The topological polar surface area (TPSA) is 159 Å². The highest BCUT2D eigenvalue weighted by Crippen LogP contribution is 2.28. The largest absolute Gasteiger partial charge is 0.394 e. The molecule has 3 rings (SSSR count). The van der Waals surface area contributed by atoms with Gasteiger partial charge in [0.15, 0.2) is 16.8 Å². The van der Waals surface area contributed by atoms with Crippen molar-refractivity contribution >= 4 is 17.1 Å². The van der Waals surface area contributed by atoms with Gasteiger partial charge in [-0.1, -0.05) is 0 Å². The summed E-state index contributed by atoms with van der Waals surface area (Å²) in [5.74, 6) is -0.691. The van der Waals surface area contributed by atoms with E-state index in [1.54, 1.807) is 0 Å². The number of aliphatic hydroxyl groups excluding tert-OH is 2. The molecule has 1 saturated heterocycles. The Balaban J connectivity index is 2.28. The Kier molecular flexibility index (Phi) is 1.97. The van der Waals surface area contributed by atoms with Gasteiger partial charge in [-0.15, -0.1) is 0 Å². The molecule has 3 atom stereocenters. The van der Waals surface area contributed by atoms with Crippen LogP contribution in [0.25, 0.3) is 11.2 Å². The van der Waals surface area contributed by atoms with E-state index in [1.807, 2.05) is 0 Å². The number of aliphatic hydroxyl groups is 2. The lowest BCUT2D eigenvalue weighted by Crippen LogP contribution is -2.25. The van der Waals surface area contributed by atoms with Crippen molar-refractivity contribution in [3.63, 3.8) is 0 Å². The zero-order valence-corrected chi connectivity index (χ0v) is 10.0. The van der Waals surface area contributed by atoms with Gasteiger partial charge in [-0.25, -0.2) is 9.36 Å². The quantitative estimate of drug-likeness (QED) is 0.422. The maximum Gasteiger partial charge on any atom is 0.329 e. The zero-order valence-electron chi connectivity index (χ0n) is 14.0. The number of hydrogen-bond acceptors (Lipinski definition) is 7. The van der Waals surface area contributed by atoms with Crippen molar-refractivity contribution < 1.29 is 20.6 Å². The summed E-state index contributed by atoms with van der Waals surface area (Å²) >= 11 is 0. The highest BCUT2D eigenvalue weighted by molar-refractivity contribution is 5.70. The second kappa shape index (κ2) is 4.44. The molecule has 0 unspecified atom stereocenters. The maximum atomic E-state index is 12.3. The average Bonchev–Trinajstić information content (AvgIpc) is 3.01. The van der Waals surface area contributed by atoms with Crippen molar-refractivity contribution in [2.75, 3.05) is 12.3 Å². The number of anilines is 1. The molecule has 0 aliphatic carbocycles. The van der Waals surface area contributed by atoms with Crippen LogP contribution in [0, 0.1) is 0 Å². The van der Waals surface area contributed by atoms with Crippen LogP contribution in [0.2, 0.25) is 5.65 Å². The molecule has 1 aliphatic rings. The van der Waals surface area contributed by atoms with Gasteiger partial charge in [0.1, 0.15) is 12.3 Å². The minimum absolute atomic E-state index is 0.0786. The molecule has 3 heterocycles. The van der Waals surface area contributed by atoms with E-state index in [4.69, 9.17) is 15.5 Å². The molecular formula is C10H13N5O5. The Morgan fingerprint density at radius 1 is 1.60 bits per heavy atom. The highest BCUT2D eigenvalue weighted by Gasteiger charge is 2.36. The summed E-state index contributed by atoms with van der Waals surface area (Å²) in [6.07, 6.45) is -3.18. The van der Waals surface area contributed by atoms with Crippen molar-refractivity contribution in [1.82, 2.24) is 19.5 Å². The molecule has 1 fully saturated rings. The van der Waals surface area contributed by atoms with Crippen LogP contribution in [0.4, 0.5) is 5.95 Å². The normalized spacial score (nSPS) is 29.0. The number of hydrogen-bond donors (Lipinski definition) is 5. The molecular weight excluding hydrogens is 270 g/mol. The Hall–Kier alpha value is -2.17. The SMILES string of the molecule is [2H]N([2H])c1nc2c(c(=O)n1[2H])n([2H])c(=O)n2[C@H]1C[C@H](O)[C@@H](CO)O1. The van der Waals surface area contributed by atoms with E-state index in [0.29, 0.717) is 0 Å². The summed E-state index contributed by atoms with van der Waals surface area (Å²) in [7, 11) is 0. The van der Waals surface area contributed by atoms with Gasteiger partial charge in [-0.3, -0.25) is 14.7 Å². The number of nitrogens with two attached hydrogens (primary N) is 1. The fourth-order valence-electron chi connectivity index (χ4n) is 2.21. The smallest absolute Gasteiger partial charge is 0.329 e. The Bertz CT molecular complexity index is 908. The van der Waals surface area contributed by atoms with Crippen molar-refractivity contribution in [3.05, 3.63) is 20.8 Å². The molecule has 10 nitrogen and oxygen atoms in total. The fraction of sp³-hybridized carbons (Fsp3) is 0.500. The lowest BCUT2D eigenvalue weighted by molar-refractivity contribution is -0.0441. The molecule has 0 radical (unpaired) electrons. The third-order valence-corrected chi connectivity index (χ3v) is 3.14. The van der Waals surface area contributed by atoms with E-state index >= 15 is 0 Å². The second-order valence-corrected chi connectivity index (χ2v) is 4.38. The molecule has 0 saturated carbocycles. The highest BCUT2D eigenvalue weighted by atomic mass is 16.5. The van der Waals surface area contributed by atoms with Gasteiger partial charge in [0.25, 0.3) is 5.56 Å². The van der Waals surface area contributed by atoms with Crippen LogP contribution in [0.1, 0.15) is 12.6 Å². The lowest BCUT2D eigenvalue weighted by atomic mass is 10.2. The van der Waals surface area contributed by atoms with E-state index in [-0.39, 0.29) is 27.7 Å². The van der Waals surface area contributed by atoms with Gasteiger partial charge in [-0.2, -0.15) is 4.98 Å². The number of aromatic nitrogens is 4. The van der Waals surface area contributed by atoms with Gasteiger partial charge in [0.2, 0.25) is 5.95 Å². The second-order valence-electron chi connectivity index (χ2n) is 4.38. The third kappa shape index (κ3) is 1.81. The minimum atomic E-state index is -1.11. The summed E-state index contributed by atoms with van der Waals surface area (Å²) in [6, 6.07) is 0. The van der Waals surface area contributed by atoms with Crippen LogP contribution in [0.3, 0.4) is 0 Å². The number of nitrogens with zero attached hydrogens (tertiary/aromatic N) is 2.